The van der Waals surface area contributed by atoms with E-state index in [-0.39, 0.29) is 43.3 Å². The molecule has 6 aliphatic rings. The quantitative estimate of drug-likeness (QED) is 0.114. The Bertz CT molecular complexity index is 3800. The van der Waals surface area contributed by atoms with E-state index in [1.165, 1.54) is 173 Å². The van der Waals surface area contributed by atoms with E-state index in [4.69, 9.17) is 9.97 Å². The number of benzene rings is 6. The average molecular weight is 1260 g/mol. The predicted molar refractivity (Wildman–Crippen MR) is 409 cm³/mol. The Kier molecular flexibility index (Phi) is 17.6. The molecule has 500 valence electrons. The molecule has 2 nitrogen and oxygen atoms in total. The van der Waals surface area contributed by atoms with Crippen molar-refractivity contribution < 1.29 is 0 Å². The summed E-state index contributed by atoms with van der Waals surface area (Å²) >= 11 is 0. The van der Waals surface area contributed by atoms with Crippen LogP contribution < -0.4 is 0 Å². The van der Waals surface area contributed by atoms with E-state index in [1.54, 1.807) is 22.3 Å². The van der Waals surface area contributed by atoms with Gasteiger partial charge in [-0.3, -0.25) is 0 Å². The summed E-state index contributed by atoms with van der Waals surface area (Å²) in [4.78, 5) is 13.4. The highest BCUT2D eigenvalue weighted by Crippen LogP contribution is 2.61. The monoisotopic (exact) mass is 1250 g/mol. The van der Waals surface area contributed by atoms with Gasteiger partial charge in [0.25, 0.3) is 0 Å². The maximum atomic E-state index is 6.72. The molecule has 2 saturated carbocycles. The number of rotatable bonds is 12. The second kappa shape index (κ2) is 24.1. The molecule has 6 aliphatic carbocycles. The zero-order chi connectivity index (χ0) is 67.9. The van der Waals surface area contributed by atoms with Crippen molar-refractivity contribution in [2.24, 2.45) is 43.3 Å². The Morgan fingerprint density at radius 3 is 0.638 bits per heavy atom. The molecule has 94 heavy (non-hydrogen) atoms. The molecule has 0 N–H and O–H groups in total. The van der Waals surface area contributed by atoms with Crippen LogP contribution in [0.25, 0.3) is 77.3 Å². The Morgan fingerprint density at radius 1 is 0.245 bits per heavy atom. The van der Waals surface area contributed by atoms with Crippen molar-refractivity contribution in [1.29, 1.82) is 0 Å². The van der Waals surface area contributed by atoms with Crippen LogP contribution >= 0.6 is 0 Å². The summed E-state index contributed by atoms with van der Waals surface area (Å²) in [7, 11) is 0. The summed E-state index contributed by atoms with van der Waals surface area (Å²) < 4.78 is 0. The number of pyridine rings is 2. The number of nitrogens with zero attached hydrogens (tertiary/aromatic N) is 2. The lowest BCUT2D eigenvalue weighted by Gasteiger charge is -2.41. The van der Waals surface area contributed by atoms with Crippen LogP contribution in [0, 0.1) is 43.3 Å². The minimum atomic E-state index is 0.0273. The molecule has 8 aromatic rings. The second-order valence-corrected chi connectivity index (χ2v) is 40.8. The summed E-state index contributed by atoms with van der Waals surface area (Å²) in [6, 6.07) is 35.2. The minimum Gasteiger partial charge on any atom is -0.247 e. The minimum absolute atomic E-state index is 0.0273. The molecular formula is C92H122N2. The van der Waals surface area contributed by atoms with E-state index in [0.29, 0.717) is 23.7 Å². The molecule has 0 atom stereocenters. The SMILES string of the molecule is CC(C)(C)Cc1cccc(CC(C)(C)C)c1-c1nc2c(-c3c(CC(C)(C)C)cccc3CC(C)(C)C)c3cc4c5c(c(-c6c(CC(C)(C)C)cccc6CC(C)(C)C)nc4c(-c4c(CC(C)(C)C)cccc4CC(C)(C)C)c3cc2c2c1C1CCC2CC1)C1CCC5CC1. The van der Waals surface area contributed by atoms with Crippen molar-refractivity contribution in [1.82, 2.24) is 9.97 Å². The molecule has 2 aromatic heterocycles. The molecule has 4 bridgehead atoms. The molecule has 6 aromatic carbocycles. The first-order chi connectivity index (χ1) is 43.6. The lowest BCUT2D eigenvalue weighted by atomic mass is 9.63. The normalized spacial score (nSPS) is 18.9. The smallest absolute Gasteiger partial charge is 0.0797 e. The predicted octanol–water partition coefficient (Wildman–Crippen LogP) is 26.8. The largest absolute Gasteiger partial charge is 0.247 e. The third-order valence-corrected chi connectivity index (χ3v) is 21.3. The Balaban J connectivity index is 1.41. The zero-order valence-electron chi connectivity index (χ0n) is 63.6. The molecule has 0 unspecified atom stereocenters. The molecule has 0 aliphatic heterocycles. The molecule has 0 saturated heterocycles. The summed E-state index contributed by atoms with van der Waals surface area (Å²) in [6.07, 6.45) is 17.7. The molecule has 2 heteroatoms. The first-order valence-electron chi connectivity index (χ1n) is 37.4. The van der Waals surface area contributed by atoms with E-state index < -0.39 is 0 Å². The van der Waals surface area contributed by atoms with Gasteiger partial charge in [-0.25, -0.2) is 9.97 Å². The molecule has 14 rings (SSSR count). The standard InChI is InChI=1S/C92H122N2/c1-85(2,3)47-59-29-25-30-60(48-86(4,5)6)71(59)79-67-45-70-76-56-39-43-58(44-40-56)78(76)84(74-65(53-91(19,20)21)35-28-36-66(74)54-92(22,23)24)94-82(70)80(72-61(49-87(7,8)9)31-26-32-62(72)50-88(10,11)12)68(67)46-69-75-55-37-41-57(42-38-55)77(75)83(93-81(69)79)73-63(51-89(13,14)15)33-27-34-64(73)52-90(16,17)18/h25-36,45-46,55-58H,37-44,47-54H2,1-24H3. The third kappa shape index (κ3) is 14.2. The maximum absolute atomic E-state index is 6.72. The summed E-state index contributed by atoms with van der Waals surface area (Å²) in [6.45, 7) is 58.9. The Hall–Kier alpha value is -5.60. The lowest BCUT2D eigenvalue weighted by molar-refractivity contribution is 0.361. The van der Waals surface area contributed by atoms with Crippen molar-refractivity contribution in [3.05, 3.63) is 152 Å². The highest BCUT2D eigenvalue weighted by Gasteiger charge is 2.43. The van der Waals surface area contributed by atoms with Gasteiger partial charge in [-0.1, -0.05) is 239 Å². The number of hydrogen-bond acceptors (Lipinski definition) is 2. The fourth-order valence-electron chi connectivity index (χ4n) is 18.6. The van der Waals surface area contributed by atoms with E-state index in [1.807, 2.05) is 0 Å². The van der Waals surface area contributed by atoms with Crippen LogP contribution in [0.3, 0.4) is 0 Å². The fourth-order valence-corrected chi connectivity index (χ4v) is 18.6. The van der Waals surface area contributed by atoms with E-state index in [0.717, 1.165) is 51.4 Å². The summed E-state index contributed by atoms with van der Waals surface area (Å²) in [5.41, 5.74) is 32.0. The number of hydrogen-bond donors (Lipinski definition) is 0. The van der Waals surface area contributed by atoms with Crippen LogP contribution in [-0.4, -0.2) is 9.97 Å². The van der Waals surface area contributed by atoms with Crippen molar-refractivity contribution in [2.75, 3.05) is 0 Å². The first-order valence-corrected chi connectivity index (χ1v) is 37.4. The Labute approximate surface area is 571 Å². The van der Waals surface area contributed by atoms with E-state index >= 15 is 0 Å². The molecular weight excluding hydrogens is 1130 g/mol. The summed E-state index contributed by atoms with van der Waals surface area (Å²) in [5, 5.41) is 5.55. The van der Waals surface area contributed by atoms with Gasteiger partial charge in [0.15, 0.2) is 0 Å². The molecule has 2 fully saturated rings. The van der Waals surface area contributed by atoms with Gasteiger partial charge >= 0.3 is 0 Å². The van der Waals surface area contributed by atoms with E-state index in [9.17, 15) is 0 Å². The first kappa shape index (κ1) is 68.3. The lowest BCUT2D eigenvalue weighted by Crippen LogP contribution is -2.25. The van der Waals surface area contributed by atoms with Crippen molar-refractivity contribution >= 4 is 32.6 Å². The fraction of sp³-hybridized carbons (Fsp3) is 0.565. The highest BCUT2D eigenvalue weighted by molar-refractivity contribution is 6.23. The maximum Gasteiger partial charge on any atom is 0.0797 e. The Morgan fingerprint density at radius 2 is 0.436 bits per heavy atom. The van der Waals surface area contributed by atoms with E-state index in [2.05, 4.69) is 251 Å². The van der Waals surface area contributed by atoms with Crippen LogP contribution in [0.5, 0.6) is 0 Å². The van der Waals surface area contributed by atoms with Crippen LogP contribution in [0.4, 0.5) is 0 Å². The molecule has 0 amide bonds. The van der Waals surface area contributed by atoms with Crippen molar-refractivity contribution in [3.8, 4) is 44.8 Å². The van der Waals surface area contributed by atoms with Crippen LogP contribution in [0.15, 0.2) is 84.9 Å². The van der Waals surface area contributed by atoms with Gasteiger partial charge in [0, 0.05) is 33.0 Å². The second-order valence-electron chi connectivity index (χ2n) is 40.8. The molecule has 0 radical (unpaired) electrons. The molecule has 0 spiro atoms. The zero-order valence-corrected chi connectivity index (χ0v) is 63.6. The van der Waals surface area contributed by atoms with Gasteiger partial charge in [-0.05, 0) is 271 Å². The van der Waals surface area contributed by atoms with Gasteiger partial charge in [-0.15, -0.1) is 0 Å². The van der Waals surface area contributed by atoms with Crippen LogP contribution in [0.2, 0.25) is 0 Å². The number of fused-ring (bicyclic) bond motifs is 7. The van der Waals surface area contributed by atoms with Gasteiger partial charge < -0.3 is 0 Å². The molecule has 2 heterocycles. The average Bonchev–Trinajstić information content (AvgIpc) is 0.693. The highest BCUT2D eigenvalue weighted by atomic mass is 14.8. The van der Waals surface area contributed by atoms with Crippen molar-refractivity contribution in [2.45, 2.75) is 293 Å². The summed E-state index contributed by atoms with van der Waals surface area (Å²) in [5.74, 6) is 1.83. The van der Waals surface area contributed by atoms with Crippen LogP contribution in [0.1, 0.15) is 308 Å². The topological polar surface area (TPSA) is 25.8 Å². The van der Waals surface area contributed by atoms with Gasteiger partial charge in [0.2, 0.25) is 0 Å². The van der Waals surface area contributed by atoms with Gasteiger partial charge in [-0.2, -0.15) is 0 Å². The van der Waals surface area contributed by atoms with Gasteiger partial charge in [0.05, 0.1) is 22.4 Å². The number of aromatic nitrogens is 2. The van der Waals surface area contributed by atoms with Crippen molar-refractivity contribution in [3.63, 3.8) is 0 Å². The van der Waals surface area contributed by atoms with Crippen LogP contribution in [-0.2, 0) is 51.4 Å². The third-order valence-electron chi connectivity index (χ3n) is 21.3. The van der Waals surface area contributed by atoms with Gasteiger partial charge in [0.1, 0.15) is 0 Å².